The number of carbonyl (C=O) groups excluding carboxylic acids is 1. The summed E-state index contributed by atoms with van der Waals surface area (Å²) in [7, 11) is 1.61. The van der Waals surface area contributed by atoms with E-state index in [1.165, 1.54) is 17.4 Å². The molecule has 1 amide bonds. The highest BCUT2D eigenvalue weighted by molar-refractivity contribution is 7.13. The number of aromatic nitrogens is 1. The molecule has 3 aromatic rings. The second-order valence-corrected chi connectivity index (χ2v) is 6.16. The molecule has 0 aliphatic carbocycles. The van der Waals surface area contributed by atoms with Crippen molar-refractivity contribution in [3.05, 3.63) is 71.2 Å². The normalized spacial score (nSPS) is 10.8. The molecule has 0 radical (unpaired) electrons. The van der Waals surface area contributed by atoms with Gasteiger partial charge in [0.1, 0.15) is 22.4 Å². The zero-order chi connectivity index (χ0) is 18.4. The van der Waals surface area contributed by atoms with E-state index in [1.807, 2.05) is 53.9 Å². The zero-order valence-corrected chi connectivity index (χ0v) is 14.8. The molecule has 0 atom stereocenters. The third kappa shape index (κ3) is 4.15. The van der Waals surface area contributed by atoms with Crippen LogP contribution < -0.4 is 10.1 Å². The molecule has 1 heterocycles. The quantitative estimate of drug-likeness (QED) is 0.541. The lowest BCUT2D eigenvalue weighted by molar-refractivity contribution is -0.112. The highest BCUT2D eigenvalue weighted by Gasteiger charge is 2.11. The van der Waals surface area contributed by atoms with Gasteiger partial charge in [-0.1, -0.05) is 30.3 Å². The first-order valence-corrected chi connectivity index (χ1v) is 8.65. The maximum absolute atomic E-state index is 12.3. The Morgan fingerprint density at radius 1 is 1.23 bits per heavy atom. The van der Waals surface area contributed by atoms with Crippen LogP contribution in [-0.4, -0.2) is 18.0 Å². The summed E-state index contributed by atoms with van der Waals surface area (Å²) in [4.78, 5) is 16.8. The van der Waals surface area contributed by atoms with Crippen molar-refractivity contribution in [2.24, 2.45) is 0 Å². The van der Waals surface area contributed by atoms with Gasteiger partial charge in [-0.05, 0) is 30.3 Å². The summed E-state index contributed by atoms with van der Waals surface area (Å²) in [5, 5.41) is 14.6. The number of rotatable bonds is 5. The van der Waals surface area contributed by atoms with Gasteiger partial charge in [0.25, 0.3) is 5.91 Å². The first-order chi connectivity index (χ1) is 12.7. The van der Waals surface area contributed by atoms with Crippen LogP contribution in [0.15, 0.2) is 65.6 Å². The largest absolute Gasteiger partial charge is 0.497 e. The Kier molecular flexibility index (Phi) is 5.42. The molecule has 0 saturated carbocycles. The van der Waals surface area contributed by atoms with E-state index in [4.69, 9.17) is 4.74 Å². The number of nitriles is 1. The molecule has 0 bridgehead atoms. The van der Waals surface area contributed by atoms with Gasteiger partial charge in [-0.25, -0.2) is 4.98 Å². The molecule has 0 saturated heterocycles. The van der Waals surface area contributed by atoms with Gasteiger partial charge in [-0.15, -0.1) is 11.3 Å². The number of thiazole rings is 1. The van der Waals surface area contributed by atoms with Crippen molar-refractivity contribution in [3.63, 3.8) is 0 Å². The Morgan fingerprint density at radius 3 is 2.77 bits per heavy atom. The molecule has 128 valence electrons. The number of nitrogens with zero attached hydrogens (tertiary/aromatic N) is 2. The molecular weight excluding hydrogens is 346 g/mol. The molecule has 0 aliphatic rings. The fraction of sp³-hybridized carbons (Fsp3) is 0.0500. The van der Waals surface area contributed by atoms with Crippen LogP contribution in [-0.2, 0) is 4.79 Å². The Hall–Kier alpha value is -3.43. The molecule has 3 rings (SSSR count). The van der Waals surface area contributed by atoms with E-state index in [1.54, 1.807) is 19.2 Å². The first-order valence-electron chi connectivity index (χ1n) is 7.78. The lowest BCUT2D eigenvalue weighted by Gasteiger charge is -2.03. The van der Waals surface area contributed by atoms with E-state index in [-0.39, 0.29) is 5.57 Å². The topological polar surface area (TPSA) is 75.0 Å². The van der Waals surface area contributed by atoms with Gasteiger partial charge in [0.15, 0.2) is 0 Å². The van der Waals surface area contributed by atoms with E-state index in [2.05, 4.69) is 10.3 Å². The number of amides is 1. The van der Waals surface area contributed by atoms with Gasteiger partial charge in [0, 0.05) is 16.6 Å². The summed E-state index contributed by atoms with van der Waals surface area (Å²) in [5.74, 6) is 0.282. The minimum absolute atomic E-state index is 0.00338. The number of anilines is 1. The van der Waals surface area contributed by atoms with Gasteiger partial charge < -0.3 is 10.1 Å². The molecule has 0 unspecified atom stereocenters. The lowest BCUT2D eigenvalue weighted by Crippen LogP contribution is -2.13. The van der Waals surface area contributed by atoms with Crippen LogP contribution in [0.2, 0.25) is 0 Å². The highest BCUT2D eigenvalue weighted by atomic mass is 32.1. The molecule has 0 fully saturated rings. The average Bonchev–Trinajstić information content (AvgIpc) is 3.15. The molecular formula is C20H15N3O2S. The number of methoxy groups -OCH3 is 1. The second-order valence-electron chi connectivity index (χ2n) is 5.30. The monoisotopic (exact) mass is 361 g/mol. The van der Waals surface area contributed by atoms with Gasteiger partial charge in [-0.3, -0.25) is 4.79 Å². The summed E-state index contributed by atoms with van der Waals surface area (Å²) in [6, 6.07) is 18.5. The number of para-hydroxylation sites is 1. The standard InChI is InChI=1S/C20H15N3O2S/c1-25-18-9-5-6-14(11-18)20-23-17(13-26-20)10-15(12-21)19(24)22-16-7-3-2-4-8-16/h2-11,13H,1H3,(H,22,24)/b15-10+. The van der Waals surface area contributed by atoms with E-state index < -0.39 is 5.91 Å². The van der Waals surface area contributed by atoms with Crippen LogP contribution in [0.1, 0.15) is 5.69 Å². The van der Waals surface area contributed by atoms with Crippen molar-refractivity contribution in [1.82, 2.24) is 4.98 Å². The molecule has 1 aromatic heterocycles. The summed E-state index contributed by atoms with van der Waals surface area (Å²) in [6.45, 7) is 0. The smallest absolute Gasteiger partial charge is 0.266 e. The average molecular weight is 361 g/mol. The summed E-state index contributed by atoms with van der Waals surface area (Å²) >= 11 is 1.44. The van der Waals surface area contributed by atoms with Crippen molar-refractivity contribution >= 4 is 29.0 Å². The fourth-order valence-corrected chi connectivity index (χ4v) is 3.03. The number of carbonyl (C=O) groups is 1. The summed E-state index contributed by atoms with van der Waals surface area (Å²) < 4.78 is 5.22. The van der Waals surface area contributed by atoms with Crippen molar-refractivity contribution in [2.45, 2.75) is 0 Å². The van der Waals surface area contributed by atoms with E-state index in [0.717, 1.165) is 16.3 Å². The minimum Gasteiger partial charge on any atom is -0.497 e. The number of benzene rings is 2. The third-order valence-corrected chi connectivity index (χ3v) is 4.44. The Morgan fingerprint density at radius 2 is 2.04 bits per heavy atom. The number of hydrogen-bond donors (Lipinski definition) is 1. The molecule has 0 aliphatic heterocycles. The molecule has 6 heteroatoms. The van der Waals surface area contributed by atoms with Crippen LogP contribution >= 0.6 is 11.3 Å². The second kappa shape index (κ2) is 8.10. The van der Waals surface area contributed by atoms with Crippen molar-refractivity contribution in [1.29, 1.82) is 5.26 Å². The van der Waals surface area contributed by atoms with Crippen molar-refractivity contribution < 1.29 is 9.53 Å². The van der Waals surface area contributed by atoms with Crippen molar-refractivity contribution in [3.8, 4) is 22.4 Å². The minimum atomic E-state index is -0.463. The molecule has 1 N–H and O–H groups in total. The van der Waals surface area contributed by atoms with Gasteiger partial charge >= 0.3 is 0 Å². The van der Waals surface area contributed by atoms with Crippen LogP contribution in [0.3, 0.4) is 0 Å². The maximum Gasteiger partial charge on any atom is 0.266 e. The molecule has 26 heavy (non-hydrogen) atoms. The SMILES string of the molecule is COc1cccc(-c2nc(/C=C(\C#N)C(=O)Nc3ccccc3)cs2)c1. The van der Waals surface area contributed by atoms with E-state index in [9.17, 15) is 10.1 Å². The van der Waals surface area contributed by atoms with Gasteiger partial charge in [-0.2, -0.15) is 5.26 Å². The van der Waals surface area contributed by atoms with E-state index in [0.29, 0.717) is 11.4 Å². The number of ether oxygens (including phenoxy) is 1. The Bertz CT molecular complexity index is 988. The summed E-state index contributed by atoms with van der Waals surface area (Å²) in [6.07, 6.45) is 1.48. The lowest BCUT2D eigenvalue weighted by atomic mass is 10.2. The molecule has 0 spiro atoms. The zero-order valence-electron chi connectivity index (χ0n) is 14.0. The Labute approximate surface area is 155 Å². The van der Waals surface area contributed by atoms with Crippen molar-refractivity contribution in [2.75, 3.05) is 12.4 Å². The summed E-state index contributed by atoms with van der Waals surface area (Å²) in [5.41, 5.74) is 2.11. The first kappa shape index (κ1) is 17.4. The fourth-order valence-electron chi connectivity index (χ4n) is 2.26. The van der Waals surface area contributed by atoms with Crippen LogP contribution in [0.25, 0.3) is 16.6 Å². The predicted molar refractivity (Wildman–Crippen MR) is 103 cm³/mol. The molecule has 5 nitrogen and oxygen atoms in total. The number of hydrogen-bond acceptors (Lipinski definition) is 5. The predicted octanol–water partition coefficient (Wildman–Crippen LogP) is 4.36. The maximum atomic E-state index is 12.3. The number of nitrogens with one attached hydrogen (secondary N) is 1. The van der Waals surface area contributed by atoms with Crippen LogP contribution in [0, 0.1) is 11.3 Å². The van der Waals surface area contributed by atoms with Crippen LogP contribution in [0.4, 0.5) is 5.69 Å². The van der Waals surface area contributed by atoms with Crippen LogP contribution in [0.5, 0.6) is 5.75 Å². The van der Waals surface area contributed by atoms with Gasteiger partial charge in [0.05, 0.1) is 12.8 Å². The van der Waals surface area contributed by atoms with Gasteiger partial charge in [0.2, 0.25) is 0 Å². The highest BCUT2D eigenvalue weighted by Crippen LogP contribution is 2.27. The van der Waals surface area contributed by atoms with E-state index >= 15 is 0 Å². The Balaban J connectivity index is 1.81. The molecule has 2 aromatic carbocycles. The third-order valence-electron chi connectivity index (χ3n) is 3.53.